The third-order valence-electron chi connectivity index (χ3n) is 9.36. The van der Waals surface area contributed by atoms with Crippen LogP contribution in [0.3, 0.4) is 0 Å². The van der Waals surface area contributed by atoms with Gasteiger partial charge in [0.2, 0.25) is 35.2 Å². The lowest BCUT2D eigenvalue weighted by molar-refractivity contribution is -0.117. The van der Waals surface area contributed by atoms with Crippen LogP contribution in [0, 0.1) is 0 Å². The minimum Gasteiger partial charge on any atom is -0.475 e. The van der Waals surface area contributed by atoms with E-state index in [9.17, 15) is 43.2 Å². The standard InChI is InChI=1S/C41H52N16O11/c1-41(2,3)68-40(67)44-15-11-30(60)48-25-19-55(6)32(50-25)37(63)45-22-17-24(54(5)18-22)35(61)42-13-9-28(58)47-26-20-56(7)33(51-26)38(64)46-23-12-16-53(4)31(23)36(62)43-14-10-29(59)49-27-21-57(8)34(52-27)39(65)66/h12,16-21H,9-11,13-15H2,1-8H3,(H,42,61)(H,43,62)(H,44,67)(H,45,63)(H,46,64)(H,47,58)(H,48,60)(H,49,59)(H,65,66). The number of alkyl carbamates (subject to hydrolysis) is 1. The first-order valence-corrected chi connectivity index (χ1v) is 20.7. The van der Waals surface area contributed by atoms with Crippen molar-refractivity contribution in [2.75, 3.05) is 46.2 Å². The molecule has 0 fully saturated rings. The molecular weight excluding hydrogens is 893 g/mol. The Hall–Kier alpha value is -8.78. The molecular formula is C41H52N16O11. The van der Waals surface area contributed by atoms with Crippen molar-refractivity contribution in [1.82, 2.24) is 53.7 Å². The van der Waals surface area contributed by atoms with E-state index >= 15 is 0 Å². The smallest absolute Gasteiger partial charge is 0.407 e. The molecule has 5 aromatic rings. The quantitative estimate of drug-likeness (QED) is 0.0561. The molecule has 0 bridgehead atoms. The van der Waals surface area contributed by atoms with Crippen LogP contribution in [0.1, 0.15) is 92.9 Å². The second-order valence-electron chi connectivity index (χ2n) is 16.1. The van der Waals surface area contributed by atoms with E-state index in [1.165, 1.54) is 73.9 Å². The predicted octanol–water partition coefficient (Wildman–Crippen LogP) is 1.14. The third-order valence-corrected chi connectivity index (χ3v) is 9.36. The van der Waals surface area contributed by atoms with Gasteiger partial charge in [-0.2, -0.15) is 0 Å². The number of carboxylic acids is 1. The van der Waals surface area contributed by atoms with Crippen LogP contribution in [-0.4, -0.2) is 122 Å². The van der Waals surface area contributed by atoms with E-state index in [0.29, 0.717) is 0 Å². The first kappa shape index (κ1) is 50.2. The number of amides is 8. The number of anilines is 5. The molecule has 0 aromatic carbocycles. The molecule has 0 aliphatic rings. The number of nitrogens with one attached hydrogen (secondary N) is 8. The number of aromatic carboxylic acids is 1. The molecule has 0 atom stereocenters. The van der Waals surface area contributed by atoms with Crippen LogP contribution >= 0.6 is 0 Å². The topological polar surface area (TPSA) is 343 Å². The van der Waals surface area contributed by atoms with Gasteiger partial charge in [0.15, 0.2) is 17.5 Å². The van der Waals surface area contributed by atoms with Crippen LogP contribution in [0.4, 0.5) is 33.6 Å². The molecule has 0 aliphatic heterocycles. The van der Waals surface area contributed by atoms with E-state index in [1.807, 2.05) is 0 Å². The summed E-state index contributed by atoms with van der Waals surface area (Å²) in [5, 5.41) is 29.8. The Balaban J connectivity index is 1.05. The highest BCUT2D eigenvalue weighted by atomic mass is 16.6. The molecule has 8 amide bonds. The molecule has 68 heavy (non-hydrogen) atoms. The van der Waals surface area contributed by atoms with Gasteiger partial charge in [0.05, 0.1) is 11.4 Å². The molecule has 9 N–H and O–H groups in total. The normalized spacial score (nSPS) is 11.0. The second kappa shape index (κ2) is 21.5. The van der Waals surface area contributed by atoms with Crippen molar-refractivity contribution in [2.24, 2.45) is 35.2 Å². The molecule has 0 spiro atoms. The summed E-state index contributed by atoms with van der Waals surface area (Å²) in [6.45, 7) is 4.98. The van der Waals surface area contributed by atoms with E-state index < -0.39 is 59.0 Å². The fraction of sp³-hybridized carbons (Fsp3) is 0.366. The number of nitrogens with zero attached hydrogens (tertiary/aromatic N) is 8. The summed E-state index contributed by atoms with van der Waals surface area (Å²) in [6, 6.07) is 2.92. The van der Waals surface area contributed by atoms with Gasteiger partial charge in [0, 0.05) is 105 Å². The van der Waals surface area contributed by atoms with Crippen LogP contribution in [-0.2, 0) is 54.4 Å². The largest absolute Gasteiger partial charge is 0.475 e. The fourth-order valence-electron chi connectivity index (χ4n) is 6.30. The van der Waals surface area contributed by atoms with Gasteiger partial charge in [-0.05, 0) is 32.9 Å². The lowest BCUT2D eigenvalue weighted by Gasteiger charge is -2.19. The van der Waals surface area contributed by atoms with Crippen LogP contribution in [0.25, 0.3) is 0 Å². The number of aromatic nitrogens is 8. The average Bonchev–Trinajstić information content (AvgIpc) is 4.05. The van der Waals surface area contributed by atoms with E-state index in [1.54, 1.807) is 48.1 Å². The number of carbonyl (C=O) groups is 9. The Morgan fingerprint density at radius 3 is 1.50 bits per heavy atom. The van der Waals surface area contributed by atoms with Crippen molar-refractivity contribution in [1.29, 1.82) is 0 Å². The summed E-state index contributed by atoms with van der Waals surface area (Å²) in [5.41, 5.74) is -0.0444. The molecule has 0 unspecified atom stereocenters. The van der Waals surface area contributed by atoms with Crippen molar-refractivity contribution < 1.29 is 53.0 Å². The van der Waals surface area contributed by atoms with Gasteiger partial charge in [-0.3, -0.25) is 33.6 Å². The van der Waals surface area contributed by atoms with Gasteiger partial charge in [0.1, 0.15) is 17.0 Å². The molecule has 0 radical (unpaired) electrons. The first-order chi connectivity index (χ1) is 32.0. The van der Waals surface area contributed by atoms with Gasteiger partial charge >= 0.3 is 12.1 Å². The highest BCUT2D eigenvalue weighted by Gasteiger charge is 2.23. The van der Waals surface area contributed by atoms with E-state index in [-0.39, 0.29) is 96.6 Å². The number of rotatable bonds is 19. The Kier molecular flexibility index (Phi) is 15.9. The number of carboxylic acid groups (broad SMARTS) is 1. The molecule has 5 aromatic heterocycles. The number of imidazole rings is 3. The van der Waals surface area contributed by atoms with Crippen molar-refractivity contribution in [3.63, 3.8) is 0 Å². The zero-order chi connectivity index (χ0) is 50.0. The molecule has 27 nitrogen and oxygen atoms in total. The maximum absolute atomic E-state index is 13.3. The molecule has 362 valence electrons. The maximum atomic E-state index is 13.3. The van der Waals surface area contributed by atoms with Gasteiger partial charge in [0.25, 0.3) is 23.6 Å². The fourth-order valence-corrected chi connectivity index (χ4v) is 6.30. The van der Waals surface area contributed by atoms with E-state index in [0.717, 1.165) is 0 Å². The van der Waals surface area contributed by atoms with Crippen molar-refractivity contribution in [2.45, 2.75) is 45.6 Å². The Labute approximate surface area is 387 Å². The molecule has 0 saturated carbocycles. The predicted molar refractivity (Wildman–Crippen MR) is 242 cm³/mol. The monoisotopic (exact) mass is 944 g/mol. The lowest BCUT2D eigenvalue weighted by Crippen LogP contribution is -2.34. The molecule has 0 saturated heterocycles. The van der Waals surface area contributed by atoms with Crippen LogP contribution in [0.2, 0.25) is 0 Å². The van der Waals surface area contributed by atoms with Crippen molar-refractivity contribution in [3.05, 3.63) is 72.0 Å². The zero-order valence-electron chi connectivity index (χ0n) is 38.4. The molecule has 27 heteroatoms. The number of ether oxygens (including phenoxy) is 1. The van der Waals surface area contributed by atoms with Gasteiger partial charge in [-0.15, -0.1) is 0 Å². The number of carbonyl (C=O) groups excluding carboxylic acids is 8. The summed E-state index contributed by atoms with van der Waals surface area (Å²) in [7, 11) is 7.71. The minimum atomic E-state index is -1.26. The SMILES string of the molecule is Cn1cc(NC(=O)c2nc(NC(=O)CCNC(=O)OC(C)(C)C)cn2C)cc1C(=O)NCCC(=O)Nc1cn(C)c(C(=O)Nc2ccn(C)c2C(=O)NCCC(=O)Nc2cn(C)c(C(=O)O)n2)n1. The summed E-state index contributed by atoms with van der Waals surface area (Å²) < 4.78 is 12.1. The first-order valence-electron chi connectivity index (χ1n) is 20.7. The number of hydrogen-bond acceptors (Lipinski definition) is 13. The van der Waals surface area contributed by atoms with Gasteiger partial charge in [-0.1, -0.05) is 0 Å². The van der Waals surface area contributed by atoms with Crippen molar-refractivity contribution in [3.8, 4) is 0 Å². The third kappa shape index (κ3) is 13.6. The average molecular weight is 945 g/mol. The van der Waals surface area contributed by atoms with Crippen LogP contribution in [0.15, 0.2) is 43.1 Å². The van der Waals surface area contributed by atoms with Crippen molar-refractivity contribution >= 4 is 82.2 Å². The summed E-state index contributed by atoms with van der Waals surface area (Å²) in [6.07, 6.45) is 6.16. The Morgan fingerprint density at radius 2 is 1.01 bits per heavy atom. The van der Waals surface area contributed by atoms with E-state index in [2.05, 4.69) is 57.5 Å². The highest BCUT2D eigenvalue weighted by Crippen LogP contribution is 2.19. The van der Waals surface area contributed by atoms with Gasteiger partial charge in [-0.25, -0.2) is 24.5 Å². The molecule has 0 aliphatic carbocycles. The number of aryl methyl sites for hydroxylation is 5. The molecule has 5 rings (SSSR count). The zero-order valence-corrected chi connectivity index (χ0v) is 38.4. The summed E-state index contributed by atoms with van der Waals surface area (Å²) in [5.74, 6) is -5.47. The lowest BCUT2D eigenvalue weighted by atomic mass is 10.2. The summed E-state index contributed by atoms with van der Waals surface area (Å²) >= 11 is 0. The maximum Gasteiger partial charge on any atom is 0.407 e. The highest BCUT2D eigenvalue weighted by molar-refractivity contribution is 6.08. The van der Waals surface area contributed by atoms with Crippen LogP contribution in [0.5, 0.6) is 0 Å². The second-order valence-corrected chi connectivity index (χ2v) is 16.1. The summed E-state index contributed by atoms with van der Waals surface area (Å²) in [4.78, 5) is 125. The Morgan fingerprint density at radius 1 is 0.559 bits per heavy atom. The van der Waals surface area contributed by atoms with Crippen LogP contribution < -0.4 is 42.5 Å². The molecule has 5 heterocycles. The Bertz CT molecular complexity index is 2770. The minimum absolute atomic E-state index is 0.0164. The number of hydrogen-bond donors (Lipinski definition) is 9. The van der Waals surface area contributed by atoms with E-state index in [4.69, 9.17) is 9.84 Å². The van der Waals surface area contributed by atoms with Gasteiger partial charge < -0.3 is 75.2 Å².